The number of anilines is 1. The van der Waals surface area contributed by atoms with Gasteiger partial charge in [0, 0.05) is 18.0 Å². The van der Waals surface area contributed by atoms with Crippen molar-refractivity contribution in [1.82, 2.24) is 15.2 Å². The van der Waals surface area contributed by atoms with Gasteiger partial charge >= 0.3 is 18.0 Å². The van der Waals surface area contributed by atoms with E-state index in [1.807, 2.05) is 33.9 Å². The Balaban J connectivity index is 2.14. The molecular weight excluding hydrogens is 688 g/mol. The molecule has 0 amide bonds. The highest BCUT2D eigenvalue weighted by molar-refractivity contribution is 6.74. The smallest absolute Gasteiger partial charge is 0.415 e. The minimum Gasteiger partial charge on any atom is -0.415 e. The van der Waals surface area contributed by atoms with Gasteiger partial charge in [-0.1, -0.05) is 63.3 Å². The van der Waals surface area contributed by atoms with E-state index >= 15 is 0 Å². The molecule has 1 unspecified atom stereocenters. The third-order valence-corrected chi connectivity index (χ3v) is 12.9. The van der Waals surface area contributed by atoms with Crippen LogP contribution in [-0.2, 0) is 27.5 Å². The number of nitrogens with zero attached hydrogens (tertiary/aromatic N) is 4. The van der Waals surface area contributed by atoms with Crippen LogP contribution in [0.25, 0.3) is 11.6 Å². The molecule has 50 heavy (non-hydrogen) atoms. The van der Waals surface area contributed by atoms with Gasteiger partial charge in [0.2, 0.25) is 11.3 Å². The second-order valence-electron chi connectivity index (χ2n) is 13.9. The van der Waals surface area contributed by atoms with Crippen molar-refractivity contribution in [3.8, 4) is 11.6 Å². The lowest BCUT2D eigenvalue weighted by atomic mass is 9.96. The second kappa shape index (κ2) is 14.6. The number of nitrogens with one attached hydrogen (secondary N) is 1. The van der Waals surface area contributed by atoms with Gasteiger partial charge in [-0.25, -0.2) is 4.98 Å². The average molecular weight is 730 g/mol. The molecule has 17 heteroatoms. The molecule has 1 N–H and O–H groups in total. The molecule has 2 heterocycles. The lowest BCUT2D eigenvalue weighted by Crippen LogP contribution is -2.46. The summed E-state index contributed by atoms with van der Waals surface area (Å²) in [6, 6.07) is 8.10. The summed E-state index contributed by atoms with van der Waals surface area (Å²) < 4.78 is 104. The lowest BCUT2D eigenvalue weighted by Gasteiger charge is -2.40. The molecule has 1 aromatic carbocycles. The van der Waals surface area contributed by atoms with Crippen molar-refractivity contribution in [2.75, 3.05) is 5.32 Å². The van der Waals surface area contributed by atoms with Gasteiger partial charge in [0.25, 0.3) is 11.8 Å². The van der Waals surface area contributed by atoms with Crippen molar-refractivity contribution >= 4 is 19.8 Å². The monoisotopic (exact) mass is 729 g/mol. The molecule has 0 aliphatic rings. The Bertz CT molecular complexity index is 1670. The quantitative estimate of drug-likeness (QED) is 0.0535. The zero-order valence-electron chi connectivity index (χ0n) is 28.8. The van der Waals surface area contributed by atoms with Crippen LogP contribution in [-0.4, -0.2) is 46.2 Å². The van der Waals surface area contributed by atoms with Gasteiger partial charge in [-0.15, -0.1) is 23.4 Å². The first kappa shape index (κ1) is 40.3. The summed E-state index contributed by atoms with van der Waals surface area (Å²) >= 11 is 0. The first-order chi connectivity index (χ1) is 22.9. The highest BCUT2D eigenvalue weighted by Crippen LogP contribution is 2.47. The van der Waals surface area contributed by atoms with Crippen molar-refractivity contribution in [1.29, 1.82) is 0 Å². The maximum Gasteiger partial charge on any atom is 0.426 e. The second-order valence-corrected chi connectivity index (χ2v) is 18.6. The van der Waals surface area contributed by atoms with Gasteiger partial charge in [0.1, 0.15) is 11.4 Å². The summed E-state index contributed by atoms with van der Waals surface area (Å²) in [6.45, 7) is 19.9. The van der Waals surface area contributed by atoms with E-state index in [9.17, 15) is 36.5 Å². The van der Waals surface area contributed by atoms with Crippen molar-refractivity contribution in [3.63, 3.8) is 0 Å². The predicted octanol–water partition coefficient (Wildman–Crippen LogP) is 9.77. The van der Waals surface area contributed by atoms with Crippen molar-refractivity contribution in [2.45, 2.75) is 102 Å². The largest absolute Gasteiger partial charge is 0.426 e. The fourth-order valence-corrected chi connectivity index (χ4v) is 6.00. The molecule has 0 aliphatic heterocycles. The van der Waals surface area contributed by atoms with E-state index in [-0.39, 0.29) is 17.5 Å². The standard InChI is InChI=1S/C33H41F6N5O5Si/c1-10-17-31(33(37,38)39,47-20-21-15-13-12-14-16-21)28-43-42-27(48-28)25-24(44(45)46)18-23(32(34,35)36)26(40-25)41-30(6,7)19-22(11-2)49-50(8,9)29(3,4)5/h10-16,18,22H,1-2,17,19-20H2,3-9H3,(H,40,41)/t22?,31-/m1/s1. The number of halogens is 6. The number of nitro groups is 1. The van der Waals surface area contributed by atoms with Gasteiger partial charge in [-0.2, -0.15) is 26.3 Å². The Kier molecular flexibility index (Phi) is 11.8. The average Bonchev–Trinajstić information content (AvgIpc) is 3.47. The first-order valence-electron chi connectivity index (χ1n) is 15.4. The molecule has 2 aromatic heterocycles. The number of ether oxygens (including phenoxy) is 1. The van der Waals surface area contributed by atoms with E-state index in [0.29, 0.717) is 5.56 Å². The molecule has 0 fully saturated rings. The number of aromatic nitrogens is 3. The summed E-state index contributed by atoms with van der Waals surface area (Å²) in [7, 11) is -2.35. The van der Waals surface area contributed by atoms with E-state index in [2.05, 4.69) is 33.7 Å². The van der Waals surface area contributed by atoms with Gasteiger partial charge in [-0.05, 0) is 44.0 Å². The SMILES string of the molecule is C=CC[C@@](OCc1ccccc1)(c1nnc(-c2nc(NC(C)(C)CC(C=C)O[Si](C)(C)C(C)(C)C)c(C(F)(F)F)cc2[N+](=O)[O-])o1)C(F)(F)F. The van der Waals surface area contributed by atoms with Crippen LogP contribution in [0.5, 0.6) is 0 Å². The van der Waals surface area contributed by atoms with Crippen molar-refractivity contribution in [3.05, 3.63) is 88.8 Å². The fourth-order valence-electron chi connectivity index (χ4n) is 4.71. The molecule has 0 radical (unpaired) electrons. The predicted molar refractivity (Wildman–Crippen MR) is 178 cm³/mol. The van der Waals surface area contributed by atoms with E-state index in [1.54, 1.807) is 38.1 Å². The number of benzene rings is 1. The molecule has 0 saturated heterocycles. The van der Waals surface area contributed by atoms with Gasteiger partial charge < -0.3 is 18.9 Å². The summed E-state index contributed by atoms with van der Waals surface area (Å²) in [5.74, 6) is -2.95. The Morgan fingerprint density at radius 2 is 1.66 bits per heavy atom. The van der Waals surface area contributed by atoms with Crippen LogP contribution in [0.2, 0.25) is 18.1 Å². The van der Waals surface area contributed by atoms with Crippen molar-refractivity contribution in [2.24, 2.45) is 0 Å². The number of alkyl halides is 6. The molecular formula is C33H41F6N5O5Si. The van der Waals surface area contributed by atoms with E-state index < -0.39 is 90.4 Å². The van der Waals surface area contributed by atoms with Crippen LogP contribution in [0, 0.1) is 10.1 Å². The number of hydrogen-bond donors (Lipinski definition) is 1. The minimum atomic E-state index is -5.18. The maximum absolute atomic E-state index is 14.7. The van der Waals surface area contributed by atoms with Crippen LogP contribution < -0.4 is 5.32 Å². The van der Waals surface area contributed by atoms with Crippen LogP contribution in [0.4, 0.5) is 37.8 Å². The van der Waals surface area contributed by atoms with E-state index in [0.717, 1.165) is 6.08 Å². The Morgan fingerprint density at radius 1 is 1.04 bits per heavy atom. The molecule has 0 saturated carbocycles. The highest BCUT2D eigenvalue weighted by atomic mass is 28.4. The molecule has 0 spiro atoms. The zero-order chi connectivity index (χ0) is 37.9. The fraction of sp³-hybridized carbons (Fsp3) is 0.485. The summed E-state index contributed by atoms with van der Waals surface area (Å²) in [6.07, 6.45) is -9.26. The van der Waals surface area contributed by atoms with Crippen LogP contribution in [0.3, 0.4) is 0 Å². The highest BCUT2D eigenvalue weighted by Gasteiger charge is 2.61. The molecule has 10 nitrogen and oxygen atoms in total. The lowest BCUT2D eigenvalue weighted by molar-refractivity contribution is -0.384. The molecule has 2 atom stereocenters. The molecule has 3 aromatic rings. The molecule has 0 aliphatic carbocycles. The first-order valence-corrected chi connectivity index (χ1v) is 18.3. The van der Waals surface area contributed by atoms with E-state index in [1.165, 1.54) is 12.1 Å². The van der Waals surface area contributed by atoms with Crippen LogP contribution in [0.15, 0.2) is 66.1 Å². The Hall–Kier alpha value is -4.09. The Morgan fingerprint density at radius 3 is 2.16 bits per heavy atom. The van der Waals surface area contributed by atoms with Crippen LogP contribution in [0.1, 0.15) is 64.5 Å². The van der Waals surface area contributed by atoms with Gasteiger partial charge in [0.15, 0.2) is 8.32 Å². The summed E-state index contributed by atoms with van der Waals surface area (Å²) in [4.78, 5) is 14.8. The minimum absolute atomic E-state index is 0.105. The molecule has 3 rings (SSSR count). The van der Waals surface area contributed by atoms with Crippen LogP contribution >= 0.6 is 0 Å². The maximum atomic E-state index is 14.7. The summed E-state index contributed by atoms with van der Waals surface area (Å²) in [5, 5.41) is 21.6. The van der Waals surface area contributed by atoms with Gasteiger partial charge in [-0.3, -0.25) is 10.1 Å². The number of rotatable bonds is 15. The van der Waals surface area contributed by atoms with Crippen molar-refractivity contribution < 1.29 is 44.8 Å². The third-order valence-electron chi connectivity index (χ3n) is 8.38. The van der Waals surface area contributed by atoms with E-state index in [4.69, 9.17) is 13.6 Å². The molecule has 274 valence electrons. The number of hydrogen-bond acceptors (Lipinski definition) is 9. The normalized spacial score (nSPS) is 14.9. The Labute approximate surface area is 287 Å². The molecule has 0 bridgehead atoms. The topological polar surface area (TPSA) is 125 Å². The third kappa shape index (κ3) is 9.17. The van der Waals surface area contributed by atoms with Gasteiger partial charge in [0.05, 0.1) is 17.6 Å². The zero-order valence-corrected chi connectivity index (χ0v) is 29.8. The summed E-state index contributed by atoms with van der Waals surface area (Å²) in [5.41, 5.74) is -7.70. The number of pyridine rings is 1.